The molecule has 1 unspecified atom stereocenters. The summed E-state index contributed by atoms with van der Waals surface area (Å²) >= 11 is 0. The van der Waals surface area contributed by atoms with Gasteiger partial charge in [0.05, 0.1) is 0 Å². The van der Waals surface area contributed by atoms with Gasteiger partial charge in [0, 0.05) is 40.7 Å². The molecule has 6 nitrogen and oxygen atoms in total. The molecule has 1 amide bonds. The predicted octanol–water partition coefficient (Wildman–Crippen LogP) is 3.71. The summed E-state index contributed by atoms with van der Waals surface area (Å²) < 4.78 is 10.8. The minimum absolute atomic E-state index is 0.0393. The van der Waals surface area contributed by atoms with E-state index in [0.717, 1.165) is 33.8 Å². The molecule has 0 radical (unpaired) electrons. The zero-order valence-corrected chi connectivity index (χ0v) is 16.3. The molecule has 2 aromatic carbocycles. The lowest BCUT2D eigenvalue weighted by Crippen LogP contribution is -2.37. The van der Waals surface area contributed by atoms with E-state index in [4.69, 9.17) is 9.15 Å². The number of aromatic amines is 1. The van der Waals surface area contributed by atoms with Gasteiger partial charge in [0.25, 0.3) is 5.91 Å². The Morgan fingerprint density at radius 3 is 2.86 bits per heavy atom. The molecule has 29 heavy (non-hydrogen) atoms. The van der Waals surface area contributed by atoms with Crippen LogP contribution in [0.1, 0.15) is 18.1 Å². The Labute approximate surface area is 167 Å². The molecule has 6 heteroatoms. The first kappa shape index (κ1) is 18.8. The molecule has 2 heterocycles. The highest BCUT2D eigenvalue weighted by molar-refractivity contribution is 5.84. The fourth-order valence-corrected chi connectivity index (χ4v) is 3.54. The lowest BCUT2D eigenvalue weighted by molar-refractivity contribution is -0.123. The van der Waals surface area contributed by atoms with Gasteiger partial charge in [-0.2, -0.15) is 0 Å². The molecule has 0 bridgehead atoms. The molecule has 2 N–H and O–H groups in total. The van der Waals surface area contributed by atoms with Gasteiger partial charge >= 0.3 is 5.63 Å². The fraction of sp³-hybridized carbons (Fsp3) is 0.217. The summed E-state index contributed by atoms with van der Waals surface area (Å²) in [5.41, 5.74) is 3.13. The summed E-state index contributed by atoms with van der Waals surface area (Å²) in [5.74, 6) is 0.272. The number of fused-ring (bicyclic) bond motifs is 2. The topological polar surface area (TPSA) is 84.3 Å². The number of hydrogen-bond acceptors (Lipinski definition) is 4. The van der Waals surface area contributed by atoms with E-state index in [9.17, 15) is 9.59 Å². The van der Waals surface area contributed by atoms with Crippen LogP contribution < -0.4 is 15.7 Å². The number of rotatable bonds is 6. The molecular weight excluding hydrogens is 368 g/mol. The summed E-state index contributed by atoms with van der Waals surface area (Å²) in [6.07, 6.45) is 2.70. The smallest absolute Gasteiger partial charge is 0.336 e. The lowest BCUT2D eigenvalue weighted by Gasteiger charge is -2.14. The van der Waals surface area contributed by atoms with Crippen molar-refractivity contribution in [2.75, 3.05) is 6.61 Å². The Hall–Kier alpha value is -3.54. The van der Waals surface area contributed by atoms with Crippen LogP contribution in [0.25, 0.3) is 21.9 Å². The van der Waals surface area contributed by atoms with E-state index in [1.54, 1.807) is 12.1 Å². The number of hydrogen-bond donors (Lipinski definition) is 2. The summed E-state index contributed by atoms with van der Waals surface area (Å²) in [7, 11) is 0. The van der Waals surface area contributed by atoms with E-state index in [0.29, 0.717) is 11.3 Å². The molecule has 4 rings (SSSR count). The number of aryl methyl sites for hydroxylation is 1. The van der Waals surface area contributed by atoms with E-state index in [1.807, 2.05) is 44.3 Å². The molecule has 0 aliphatic carbocycles. The predicted molar refractivity (Wildman–Crippen MR) is 112 cm³/mol. The fourth-order valence-electron chi connectivity index (χ4n) is 3.54. The van der Waals surface area contributed by atoms with Crippen molar-refractivity contribution in [2.45, 2.75) is 26.3 Å². The van der Waals surface area contributed by atoms with Crippen molar-refractivity contribution in [3.8, 4) is 5.75 Å². The largest absolute Gasteiger partial charge is 0.484 e. The average Bonchev–Trinajstić information content (AvgIpc) is 3.09. The number of aromatic nitrogens is 1. The number of H-pyrrole nitrogens is 1. The van der Waals surface area contributed by atoms with Crippen molar-refractivity contribution >= 4 is 27.8 Å². The molecule has 0 saturated carbocycles. The van der Waals surface area contributed by atoms with Crippen molar-refractivity contribution in [2.24, 2.45) is 0 Å². The van der Waals surface area contributed by atoms with Gasteiger partial charge in [-0.1, -0.05) is 18.2 Å². The molecule has 148 valence electrons. The normalized spacial score (nSPS) is 12.2. The van der Waals surface area contributed by atoms with Gasteiger partial charge in [-0.3, -0.25) is 4.79 Å². The Kier molecular flexibility index (Phi) is 5.08. The minimum Gasteiger partial charge on any atom is -0.484 e. The maximum absolute atomic E-state index is 12.3. The van der Waals surface area contributed by atoms with Gasteiger partial charge in [-0.05, 0) is 49.6 Å². The molecule has 0 saturated heterocycles. The number of carbonyl (C=O) groups excluding carboxylic acids is 1. The molecule has 4 aromatic rings. The highest BCUT2D eigenvalue weighted by Crippen LogP contribution is 2.22. The first-order valence-electron chi connectivity index (χ1n) is 9.51. The number of ether oxygens (including phenoxy) is 1. The zero-order valence-electron chi connectivity index (χ0n) is 16.3. The van der Waals surface area contributed by atoms with Crippen LogP contribution in [0.3, 0.4) is 0 Å². The third kappa shape index (κ3) is 4.16. The van der Waals surface area contributed by atoms with Crippen molar-refractivity contribution in [1.82, 2.24) is 10.3 Å². The van der Waals surface area contributed by atoms with E-state index in [1.165, 1.54) is 6.07 Å². The highest BCUT2D eigenvalue weighted by atomic mass is 16.5. The number of nitrogens with one attached hydrogen (secondary N) is 2. The molecule has 2 aromatic heterocycles. The number of carbonyl (C=O) groups is 1. The summed E-state index contributed by atoms with van der Waals surface area (Å²) in [4.78, 5) is 27.1. The quantitative estimate of drug-likeness (QED) is 0.492. The third-order valence-corrected chi connectivity index (χ3v) is 4.90. The van der Waals surface area contributed by atoms with E-state index in [-0.39, 0.29) is 18.6 Å². The van der Waals surface area contributed by atoms with Gasteiger partial charge in [0.2, 0.25) is 0 Å². The molecule has 1 atom stereocenters. The minimum atomic E-state index is -0.406. The SMILES string of the molecule is Cc1cc(=O)oc2cc(OCC(=O)NC(C)Cc3c[nH]c4ccccc34)ccc12. The summed E-state index contributed by atoms with van der Waals surface area (Å²) in [5, 5.41) is 4.96. The van der Waals surface area contributed by atoms with Crippen molar-refractivity contribution < 1.29 is 13.9 Å². The molecular formula is C23H22N2O4. The van der Waals surface area contributed by atoms with Crippen LogP contribution in [-0.4, -0.2) is 23.5 Å². The maximum Gasteiger partial charge on any atom is 0.336 e. The van der Waals surface area contributed by atoms with Crippen molar-refractivity contribution in [1.29, 1.82) is 0 Å². The van der Waals surface area contributed by atoms with Crippen LogP contribution in [-0.2, 0) is 11.2 Å². The van der Waals surface area contributed by atoms with Gasteiger partial charge < -0.3 is 19.5 Å². The van der Waals surface area contributed by atoms with Crippen LogP contribution in [0.15, 0.2) is 63.9 Å². The van der Waals surface area contributed by atoms with E-state index in [2.05, 4.69) is 16.4 Å². The Morgan fingerprint density at radius 1 is 1.17 bits per heavy atom. The second kappa shape index (κ2) is 7.83. The lowest BCUT2D eigenvalue weighted by atomic mass is 10.1. The standard InChI is InChI=1S/C23H22N2O4/c1-14-9-23(27)29-21-11-17(7-8-18(14)21)28-13-22(26)25-15(2)10-16-12-24-20-6-4-3-5-19(16)20/h3-9,11-12,15,24H,10,13H2,1-2H3,(H,25,26). The molecule has 0 fully saturated rings. The first-order valence-corrected chi connectivity index (χ1v) is 9.51. The van der Waals surface area contributed by atoms with Crippen molar-refractivity contribution in [3.05, 3.63) is 76.3 Å². The van der Waals surface area contributed by atoms with Crippen LogP contribution in [0.5, 0.6) is 5.75 Å². The molecule has 0 spiro atoms. The van der Waals surface area contributed by atoms with Crippen LogP contribution in [0.4, 0.5) is 0 Å². The third-order valence-electron chi connectivity index (χ3n) is 4.90. The Balaban J connectivity index is 1.36. The van der Waals surface area contributed by atoms with Gasteiger partial charge in [0.15, 0.2) is 6.61 Å². The van der Waals surface area contributed by atoms with Gasteiger partial charge in [0.1, 0.15) is 11.3 Å². The second-order valence-corrected chi connectivity index (χ2v) is 7.23. The van der Waals surface area contributed by atoms with Crippen molar-refractivity contribution in [3.63, 3.8) is 0 Å². The van der Waals surface area contributed by atoms with Gasteiger partial charge in [-0.15, -0.1) is 0 Å². The van der Waals surface area contributed by atoms with Crippen LogP contribution in [0, 0.1) is 6.92 Å². The average molecular weight is 390 g/mol. The van der Waals surface area contributed by atoms with E-state index >= 15 is 0 Å². The number of benzene rings is 2. The summed E-state index contributed by atoms with van der Waals surface area (Å²) in [6.45, 7) is 3.70. The molecule has 0 aliphatic heterocycles. The van der Waals surface area contributed by atoms with Crippen LogP contribution >= 0.6 is 0 Å². The first-order chi connectivity index (χ1) is 14.0. The number of para-hydroxylation sites is 1. The highest BCUT2D eigenvalue weighted by Gasteiger charge is 2.12. The number of amides is 1. The second-order valence-electron chi connectivity index (χ2n) is 7.23. The molecule has 0 aliphatic rings. The zero-order chi connectivity index (χ0) is 20.4. The summed E-state index contributed by atoms with van der Waals surface area (Å²) in [6, 6.07) is 14.7. The Morgan fingerprint density at radius 2 is 2.00 bits per heavy atom. The maximum atomic E-state index is 12.3. The monoisotopic (exact) mass is 390 g/mol. The van der Waals surface area contributed by atoms with Crippen LogP contribution in [0.2, 0.25) is 0 Å². The van der Waals surface area contributed by atoms with E-state index < -0.39 is 5.63 Å². The Bertz CT molecular complexity index is 1240. The van der Waals surface area contributed by atoms with Gasteiger partial charge in [-0.25, -0.2) is 4.79 Å².